The molecule has 0 aliphatic heterocycles. The van der Waals surface area contributed by atoms with E-state index >= 15 is 0 Å². The van der Waals surface area contributed by atoms with Crippen LogP contribution in [0.1, 0.15) is 19.3 Å². The van der Waals surface area contributed by atoms with Crippen LogP contribution >= 0.6 is 0 Å². The van der Waals surface area contributed by atoms with Crippen LogP contribution in [0.25, 0.3) is 0 Å². The summed E-state index contributed by atoms with van der Waals surface area (Å²) in [6.45, 7) is 0.813. The Morgan fingerprint density at radius 3 is 2.44 bits per heavy atom. The van der Waals surface area contributed by atoms with E-state index in [0.29, 0.717) is 6.04 Å². The predicted octanol–water partition coefficient (Wildman–Crippen LogP) is -0.774. The van der Waals surface area contributed by atoms with Gasteiger partial charge in [0.05, 0.1) is 0 Å². The molecule has 0 aromatic heterocycles. The number of hydrogen-bond donors (Lipinski definition) is 2. The first kappa shape index (κ1) is 9.14. The number of nitrogens with two attached hydrogens (primary N) is 2. The summed E-state index contributed by atoms with van der Waals surface area (Å²) in [7, 11) is 1.23. The molecule has 2 nitrogen and oxygen atoms in total. The Morgan fingerprint density at radius 2 is 2.00 bits per heavy atom. The van der Waals surface area contributed by atoms with Crippen molar-refractivity contribution >= 4 is 10.2 Å². The Bertz CT molecular complexity index is 59.0. The molecule has 0 bridgehead atoms. The summed E-state index contributed by atoms with van der Waals surface area (Å²) in [6, 6.07) is 1.69. The van der Waals surface area contributed by atoms with E-state index in [9.17, 15) is 0 Å². The van der Waals surface area contributed by atoms with Crippen LogP contribution in [0, 0.1) is 0 Å². The molecule has 4 N–H and O–H groups in total. The van der Waals surface area contributed by atoms with Gasteiger partial charge in [0.15, 0.2) is 0 Å². The monoisotopic (exact) mass is 146 g/mol. The van der Waals surface area contributed by atoms with Crippen molar-refractivity contribution in [3.63, 3.8) is 0 Å². The molecule has 1 unspecified atom stereocenters. The highest BCUT2D eigenvalue weighted by Crippen LogP contribution is 1.99. The summed E-state index contributed by atoms with van der Waals surface area (Å²) in [4.78, 5) is 0. The third kappa shape index (κ3) is 6.02. The lowest BCUT2D eigenvalue weighted by molar-refractivity contribution is 0.602. The molecule has 0 fully saturated rings. The smallest absolute Gasteiger partial charge is 0.00476 e. The zero-order chi connectivity index (χ0) is 7.11. The van der Waals surface area contributed by atoms with Gasteiger partial charge in [-0.15, -0.1) is 0 Å². The van der Waals surface area contributed by atoms with Gasteiger partial charge in [0.2, 0.25) is 0 Å². The van der Waals surface area contributed by atoms with E-state index in [0.717, 1.165) is 13.0 Å². The molecule has 0 heterocycles. The second-order valence-corrected chi connectivity index (χ2v) is 3.27. The van der Waals surface area contributed by atoms with Crippen molar-refractivity contribution in [3.8, 4) is 0 Å². The number of hydrogen-bond acceptors (Lipinski definition) is 2. The standard InChI is InChI=1S/C6H18N2Si/c7-4-2-1-3-6(8)5-9/h6H,1-5,7-8H2,9H3. The van der Waals surface area contributed by atoms with Gasteiger partial charge >= 0.3 is 0 Å². The Kier molecular flexibility index (Phi) is 6.35. The van der Waals surface area contributed by atoms with Crippen LogP contribution < -0.4 is 11.5 Å². The van der Waals surface area contributed by atoms with E-state index in [1.807, 2.05) is 0 Å². The van der Waals surface area contributed by atoms with Gasteiger partial charge in [0.1, 0.15) is 0 Å². The molecule has 0 spiro atoms. The van der Waals surface area contributed by atoms with Gasteiger partial charge < -0.3 is 11.5 Å². The van der Waals surface area contributed by atoms with Gasteiger partial charge in [-0.3, -0.25) is 0 Å². The van der Waals surface area contributed by atoms with Gasteiger partial charge in [0.25, 0.3) is 0 Å². The molecule has 3 heteroatoms. The first-order valence-electron chi connectivity index (χ1n) is 3.77. The number of unbranched alkanes of at least 4 members (excludes halogenated alkanes) is 1. The molecule has 0 aromatic rings. The highest BCUT2D eigenvalue weighted by atomic mass is 28.1. The highest BCUT2D eigenvalue weighted by Gasteiger charge is 1.96. The normalized spacial score (nSPS) is 14.0. The minimum Gasteiger partial charge on any atom is -0.330 e. The van der Waals surface area contributed by atoms with Crippen LogP contribution in [-0.2, 0) is 0 Å². The van der Waals surface area contributed by atoms with Crippen LogP contribution in [0.4, 0.5) is 0 Å². The third-order valence-electron chi connectivity index (χ3n) is 1.55. The maximum absolute atomic E-state index is 5.71. The Morgan fingerprint density at radius 1 is 1.33 bits per heavy atom. The highest BCUT2D eigenvalue weighted by molar-refractivity contribution is 6.08. The van der Waals surface area contributed by atoms with Gasteiger partial charge in [-0.25, -0.2) is 0 Å². The van der Waals surface area contributed by atoms with Crippen molar-refractivity contribution < 1.29 is 0 Å². The topological polar surface area (TPSA) is 52.0 Å². The predicted molar refractivity (Wildman–Crippen MR) is 45.6 cm³/mol. The maximum atomic E-state index is 5.71. The van der Waals surface area contributed by atoms with Crippen molar-refractivity contribution in [1.82, 2.24) is 0 Å². The molecular formula is C6H18N2Si. The molecule has 0 saturated heterocycles. The largest absolute Gasteiger partial charge is 0.330 e. The second kappa shape index (κ2) is 6.26. The molecule has 0 aliphatic rings. The van der Waals surface area contributed by atoms with Crippen LogP contribution in [0.15, 0.2) is 0 Å². The van der Waals surface area contributed by atoms with Gasteiger partial charge in [-0.05, 0) is 19.4 Å². The van der Waals surface area contributed by atoms with Gasteiger partial charge in [-0.1, -0.05) is 12.5 Å². The van der Waals surface area contributed by atoms with Crippen molar-refractivity contribution in [2.24, 2.45) is 11.5 Å². The minimum absolute atomic E-state index is 0.461. The molecule has 0 aliphatic carbocycles. The first-order chi connectivity index (χ1) is 4.31. The van der Waals surface area contributed by atoms with E-state index in [-0.39, 0.29) is 0 Å². The molecule has 56 valence electrons. The summed E-state index contributed by atoms with van der Waals surface area (Å²) < 4.78 is 0. The van der Waals surface area contributed by atoms with E-state index in [1.54, 1.807) is 0 Å². The fourth-order valence-corrected chi connectivity index (χ4v) is 1.16. The lowest BCUT2D eigenvalue weighted by Crippen LogP contribution is -2.18. The van der Waals surface area contributed by atoms with Gasteiger partial charge in [0, 0.05) is 16.3 Å². The van der Waals surface area contributed by atoms with Crippen molar-refractivity contribution in [2.45, 2.75) is 31.3 Å². The maximum Gasteiger partial charge on any atom is 0.00476 e. The average Bonchev–Trinajstić information content (AvgIpc) is 1.89. The molecule has 9 heavy (non-hydrogen) atoms. The molecule has 0 radical (unpaired) electrons. The van der Waals surface area contributed by atoms with E-state index < -0.39 is 0 Å². The molecule has 1 atom stereocenters. The Hall–Kier alpha value is 0.137. The van der Waals surface area contributed by atoms with Gasteiger partial charge in [-0.2, -0.15) is 0 Å². The van der Waals surface area contributed by atoms with Crippen molar-refractivity contribution in [1.29, 1.82) is 0 Å². The fourth-order valence-electron chi connectivity index (χ4n) is 0.755. The second-order valence-electron chi connectivity index (χ2n) is 2.45. The minimum atomic E-state index is 0.461. The lowest BCUT2D eigenvalue weighted by Gasteiger charge is -2.05. The quantitative estimate of drug-likeness (QED) is 0.395. The molecular weight excluding hydrogens is 128 g/mol. The molecule has 0 saturated carbocycles. The summed E-state index contributed by atoms with van der Waals surface area (Å²) in [5.74, 6) is 0. The third-order valence-corrected chi connectivity index (χ3v) is 2.60. The van der Waals surface area contributed by atoms with E-state index in [4.69, 9.17) is 11.5 Å². The zero-order valence-electron chi connectivity index (χ0n) is 6.27. The molecule has 0 rings (SSSR count). The van der Waals surface area contributed by atoms with Crippen LogP contribution in [0.3, 0.4) is 0 Å². The summed E-state index contributed by atoms with van der Waals surface area (Å²) >= 11 is 0. The lowest BCUT2D eigenvalue weighted by atomic mass is 10.1. The Labute approximate surface area is 60.4 Å². The van der Waals surface area contributed by atoms with Crippen LogP contribution in [-0.4, -0.2) is 22.8 Å². The van der Waals surface area contributed by atoms with Crippen molar-refractivity contribution in [3.05, 3.63) is 0 Å². The number of rotatable bonds is 5. The SMILES string of the molecule is NCCCCC(N)C[SiH3]. The molecule has 0 aromatic carbocycles. The Balaban J connectivity index is 2.88. The van der Waals surface area contributed by atoms with E-state index in [2.05, 4.69) is 0 Å². The van der Waals surface area contributed by atoms with Crippen molar-refractivity contribution in [2.75, 3.05) is 6.54 Å². The summed E-state index contributed by atoms with van der Waals surface area (Å²) in [6.07, 6.45) is 3.51. The van der Waals surface area contributed by atoms with Crippen LogP contribution in [0.5, 0.6) is 0 Å². The fraction of sp³-hybridized carbons (Fsp3) is 1.00. The summed E-state index contributed by atoms with van der Waals surface area (Å²) in [5, 5.41) is 0. The zero-order valence-corrected chi connectivity index (χ0v) is 8.27. The van der Waals surface area contributed by atoms with E-state index in [1.165, 1.54) is 29.1 Å². The summed E-state index contributed by atoms with van der Waals surface area (Å²) in [5.41, 5.74) is 11.0. The van der Waals surface area contributed by atoms with Crippen LogP contribution in [0.2, 0.25) is 6.04 Å². The molecule has 0 amide bonds. The first-order valence-corrected chi connectivity index (χ1v) is 5.18. The average molecular weight is 146 g/mol.